The Bertz CT molecular complexity index is 559. The highest BCUT2D eigenvalue weighted by molar-refractivity contribution is 5.95. The van der Waals surface area contributed by atoms with Crippen LogP contribution in [0.1, 0.15) is 64.9 Å². The third-order valence-corrected chi connectivity index (χ3v) is 6.23. The molecule has 1 fully saturated rings. The van der Waals surface area contributed by atoms with E-state index in [-0.39, 0.29) is 24.0 Å². The fourth-order valence-corrected chi connectivity index (χ4v) is 3.67. The standard InChI is InChI=1S/C21H34N2O2/c1-5-16(3)18-9-7-8-10-19(18)22-20(25)17(4)23-13-11-21(6-2,15-24)12-14-23/h7-10,16-17,24H,5-6,11-15H2,1-4H3,(H,22,25). The first kappa shape index (κ1) is 19.9. The number of hydrogen-bond acceptors (Lipinski definition) is 3. The summed E-state index contributed by atoms with van der Waals surface area (Å²) < 4.78 is 0. The molecule has 1 aliphatic heterocycles. The SMILES string of the molecule is CCC(C)c1ccccc1NC(=O)C(C)N1CCC(CC)(CO)CC1. The van der Waals surface area contributed by atoms with Gasteiger partial charge in [-0.1, -0.05) is 39.0 Å². The number of nitrogens with one attached hydrogen (secondary N) is 1. The van der Waals surface area contributed by atoms with Gasteiger partial charge >= 0.3 is 0 Å². The van der Waals surface area contributed by atoms with Crippen LogP contribution in [0.25, 0.3) is 0 Å². The van der Waals surface area contributed by atoms with Crippen molar-refractivity contribution >= 4 is 11.6 Å². The predicted molar refractivity (Wildman–Crippen MR) is 104 cm³/mol. The van der Waals surface area contributed by atoms with E-state index in [2.05, 4.69) is 37.1 Å². The van der Waals surface area contributed by atoms with Gasteiger partial charge in [-0.2, -0.15) is 0 Å². The van der Waals surface area contributed by atoms with Crippen LogP contribution in [0.3, 0.4) is 0 Å². The zero-order valence-electron chi connectivity index (χ0n) is 16.2. The van der Waals surface area contributed by atoms with E-state index < -0.39 is 0 Å². The number of aliphatic hydroxyl groups excluding tert-OH is 1. The number of carbonyl (C=O) groups excluding carboxylic acids is 1. The molecule has 1 saturated heterocycles. The predicted octanol–water partition coefficient (Wildman–Crippen LogP) is 4.01. The van der Waals surface area contributed by atoms with Crippen molar-refractivity contribution in [2.24, 2.45) is 5.41 Å². The zero-order chi connectivity index (χ0) is 18.4. The number of para-hydroxylation sites is 1. The Kier molecular flexibility index (Phi) is 7.03. The van der Waals surface area contributed by atoms with Gasteiger partial charge in [0.1, 0.15) is 0 Å². The molecule has 2 unspecified atom stereocenters. The fourth-order valence-electron chi connectivity index (χ4n) is 3.67. The first-order valence-electron chi connectivity index (χ1n) is 9.71. The van der Waals surface area contributed by atoms with Crippen molar-refractivity contribution < 1.29 is 9.90 Å². The second kappa shape index (κ2) is 8.81. The van der Waals surface area contributed by atoms with E-state index in [9.17, 15) is 9.90 Å². The second-order valence-corrected chi connectivity index (χ2v) is 7.61. The van der Waals surface area contributed by atoms with E-state index in [0.29, 0.717) is 5.92 Å². The molecule has 0 aliphatic carbocycles. The molecule has 4 nitrogen and oxygen atoms in total. The van der Waals surface area contributed by atoms with Crippen LogP contribution < -0.4 is 5.32 Å². The normalized spacial score (nSPS) is 20.0. The molecule has 25 heavy (non-hydrogen) atoms. The van der Waals surface area contributed by atoms with Crippen LogP contribution in [0.15, 0.2) is 24.3 Å². The summed E-state index contributed by atoms with van der Waals surface area (Å²) in [6.07, 6.45) is 3.97. The summed E-state index contributed by atoms with van der Waals surface area (Å²) in [6.45, 7) is 10.5. The highest BCUT2D eigenvalue weighted by atomic mass is 16.3. The summed E-state index contributed by atoms with van der Waals surface area (Å²) in [6, 6.07) is 7.95. The Balaban J connectivity index is 2.00. The van der Waals surface area contributed by atoms with Crippen LogP contribution in [-0.2, 0) is 4.79 Å². The summed E-state index contributed by atoms with van der Waals surface area (Å²) >= 11 is 0. The van der Waals surface area contributed by atoms with Crippen LogP contribution in [0, 0.1) is 5.41 Å². The topological polar surface area (TPSA) is 52.6 Å². The smallest absolute Gasteiger partial charge is 0.241 e. The van der Waals surface area contributed by atoms with Gasteiger partial charge < -0.3 is 10.4 Å². The summed E-state index contributed by atoms with van der Waals surface area (Å²) in [7, 11) is 0. The average molecular weight is 347 g/mol. The van der Waals surface area contributed by atoms with Crippen LogP contribution >= 0.6 is 0 Å². The van der Waals surface area contributed by atoms with Crippen LogP contribution in [0.2, 0.25) is 0 Å². The van der Waals surface area contributed by atoms with Crippen molar-refractivity contribution in [2.45, 2.75) is 65.3 Å². The molecule has 1 aromatic carbocycles. The highest BCUT2D eigenvalue weighted by Gasteiger charge is 2.35. The molecule has 1 amide bonds. The van der Waals surface area contributed by atoms with Crippen LogP contribution in [0.5, 0.6) is 0 Å². The van der Waals surface area contributed by atoms with Gasteiger partial charge in [0, 0.05) is 12.3 Å². The van der Waals surface area contributed by atoms with Gasteiger partial charge in [0.2, 0.25) is 5.91 Å². The number of rotatable bonds is 7. The molecule has 2 N–H and O–H groups in total. The van der Waals surface area contributed by atoms with Crippen molar-refractivity contribution in [1.82, 2.24) is 4.90 Å². The molecule has 2 rings (SSSR count). The maximum absolute atomic E-state index is 12.8. The molecule has 2 atom stereocenters. The molecule has 0 saturated carbocycles. The van der Waals surface area contributed by atoms with Crippen molar-refractivity contribution in [2.75, 3.05) is 25.0 Å². The third kappa shape index (κ3) is 4.62. The van der Waals surface area contributed by atoms with Gasteiger partial charge in [0.05, 0.1) is 6.04 Å². The molecule has 4 heteroatoms. The van der Waals surface area contributed by atoms with Gasteiger partial charge in [0.15, 0.2) is 0 Å². The number of piperidine rings is 1. The lowest BCUT2D eigenvalue weighted by atomic mass is 9.76. The Morgan fingerprint density at radius 3 is 2.44 bits per heavy atom. The summed E-state index contributed by atoms with van der Waals surface area (Å²) in [5, 5.41) is 12.8. The van der Waals surface area contributed by atoms with Gasteiger partial charge in [-0.15, -0.1) is 0 Å². The number of carbonyl (C=O) groups is 1. The van der Waals surface area contributed by atoms with E-state index in [4.69, 9.17) is 0 Å². The van der Waals surface area contributed by atoms with E-state index in [1.807, 2.05) is 25.1 Å². The van der Waals surface area contributed by atoms with Gasteiger partial charge in [-0.3, -0.25) is 9.69 Å². The minimum Gasteiger partial charge on any atom is -0.396 e. The van der Waals surface area contributed by atoms with Crippen LogP contribution in [-0.4, -0.2) is 41.7 Å². The Morgan fingerprint density at radius 2 is 1.88 bits per heavy atom. The number of likely N-dealkylation sites (tertiary alicyclic amines) is 1. The molecule has 1 aromatic rings. The fraction of sp³-hybridized carbons (Fsp3) is 0.667. The first-order valence-corrected chi connectivity index (χ1v) is 9.71. The number of benzene rings is 1. The van der Waals surface area contributed by atoms with Crippen LogP contribution in [0.4, 0.5) is 5.69 Å². The largest absolute Gasteiger partial charge is 0.396 e. The number of nitrogens with zero attached hydrogens (tertiary/aromatic N) is 1. The maximum atomic E-state index is 12.8. The molecule has 1 heterocycles. The lowest BCUT2D eigenvalue weighted by Crippen LogP contribution is -2.49. The third-order valence-electron chi connectivity index (χ3n) is 6.23. The first-order chi connectivity index (χ1) is 12.0. The average Bonchev–Trinajstić information content (AvgIpc) is 2.67. The summed E-state index contributed by atoms with van der Waals surface area (Å²) in [5.41, 5.74) is 2.19. The van der Waals surface area contributed by atoms with Gasteiger partial charge in [0.25, 0.3) is 0 Å². The van der Waals surface area contributed by atoms with Crippen molar-refractivity contribution in [3.05, 3.63) is 29.8 Å². The molecular formula is C21H34N2O2. The van der Waals surface area contributed by atoms with Crippen molar-refractivity contribution in [3.63, 3.8) is 0 Å². The van der Waals surface area contributed by atoms with E-state index in [1.165, 1.54) is 5.56 Å². The highest BCUT2D eigenvalue weighted by Crippen LogP contribution is 2.35. The molecule has 0 bridgehead atoms. The monoisotopic (exact) mass is 346 g/mol. The number of amides is 1. The number of aliphatic hydroxyl groups is 1. The Hall–Kier alpha value is -1.39. The van der Waals surface area contributed by atoms with E-state index in [0.717, 1.165) is 44.5 Å². The molecule has 0 spiro atoms. The minimum absolute atomic E-state index is 0.0514. The quantitative estimate of drug-likeness (QED) is 0.784. The summed E-state index contributed by atoms with van der Waals surface area (Å²) in [4.78, 5) is 15.0. The van der Waals surface area contributed by atoms with Gasteiger partial charge in [-0.05, 0) is 68.7 Å². The van der Waals surface area contributed by atoms with E-state index in [1.54, 1.807) is 0 Å². The van der Waals surface area contributed by atoms with Crippen molar-refractivity contribution in [1.29, 1.82) is 0 Å². The number of anilines is 1. The van der Waals surface area contributed by atoms with E-state index >= 15 is 0 Å². The molecule has 140 valence electrons. The number of hydrogen-bond donors (Lipinski definition) is 2. The summed E-state index contributed by atoms with van der Waals surface area (Å²) in [5.74, 6) is 0.486. The second-order valence-electron chi connectivity index (χ2n) is 7.61. The minimum atomic E-state index is -0.154. The Labute approximate surface area is 152 Å². The zero-order valence-corrected chi connectivity index (χ0v) is 16.2. The molecule has 0 aromatic heterocycles. The van der Waals surface area contributed by atoms with Crippen molar-refractivity contribution in [3.8, 4) is 0 Å². The lowest BCUT2D eigenvalue weighted by Gasteiger charge is -2.42. The molecule has 1 aliphatic rings. The molecule has 0 radical (unpaired) electrons. The Morgan fingerprint density at radius 1 is 1.24 bits per heavy atom. The maximum Gasteiger partial charge on any atom is 0.241 e. The lowest BCUT2D eigenvalue weighted by molar-refractivity contribution is -0.121. The molecular weight excluding hydrogens is 312 g/mol. The van der Waals surface area contributed by atoms with Gasteiger partial charge in [-0.25, -0.2) is 0 Å².